The Hall–Kier alpha value is -3.66. The molecular weight excluding hydrogens is 478 g/mol. The summed E-state index contributed by atoms with van der Waals surface area (Å²) in [7, 11) is -2.32. The highest BCUT2D eigenvalue weighted by Gasteiger charge is 2.37. The number of benzene rings is 3. The second-order valence-corrected chi connectivity index (χ2v) is 10.8. The van der Waals surface area contributed by atoms with E-state index < -0.39 is 15.8 Å². The molecule has 1 amide bonds. The molecule has 184 valence electrons. The molecule has 36 heavy (non-hydrogen) atoms. The van der Waals surface area contributed by atoms with Gasteiger partial charge >= 0.3 is 0 Å². The highest BCUT2D eigenvalue weighted by atomic mass is 32.2. The van der Waals surface area contributed by atoms with E-state index in [1.165, 1.54) is 22.5 Å². The van der Waals surface area contributed by atoms with Crippen LogP contribution in [-0.2, 0) is 14.8 Å². The van der Waals surface area contributed by atoms with Gasteiger partial charge in [-0.3, -0.25) is 19.3 Å². The lowest BCUT2D eigenvalue weighted by molar-refractivity contribution is -0.119. The number of carbonyl (C=O) groups is 3. The first kappa shape index (κ1) is 24.1. The molecule has 0 aromatic heterocycles. The molecule has 1 saturated heterocycles. The predicted octanol–water partition coefficient (Wildman–Crippen LogP) is 2.43. The molecule has 0 unspecified atom stereocenters. The van der Waals surface area contributed by atoms with Crippen molar-refractivity contribution >= 4 is 33.2 Å². The normalized spacial score (nSPS) is 16.4. The van der Waals surface area contributed by atoms with Gasteiger partial charge in [-0.2, -0.15) is 4.31 Å². The van der Waals surface area contributed by atoms with E-state index in [2.05, 4.69) is 0 Å². The number of hydrogen-bond acceptors (Lipinski definition) is 6. The maximum Gasteiger partial charge on any atom is 0.243 e. The summed E-state index contributed by atoms with van der Waals surface area (Å²) in [4.78, 5) is 42.4. The Bertz CT molecular complexity index is 1460. The average Bonchev–Trinajstić information content (AvgIpc) is 2.91. The van der Waals surface area contributed by atoms with Gasteiger partial charge in [0.1, 0.15) is 0 Å². The summed E-state index contributed by atoms with van der Waals surface area (Å²) >= 11 is 0. The van der Waals surface area contributed by atoms with Crippen LogP contribution in [0.1, 0.15) is 31.8 Å². The fourth-order valence-corrected chi connectivity index (χ4v) is 6.32. The molecule has 0 spiro atoms. The van der Waals surface area contributed by atoms with Crippen LogP contribution in [0.3, 0.4) is 0 Å². The molecule has 0 radical (unpaired) electrons. The Morgan fingerprint density at radius 1 is 0.778 bits per heavy atom. The largest absolute Gasteiger partial charge is 0.314 e. The fourth-order valence-electron chi connectivity index (χ4n) is 4.69. The van der Waals surface area contributed by atoms with Crippen LogP contribution in [0.25, 0.3) is 0 Å². The smallest absolute Gasteiger partial charge is 0.243 e. The van der Waals surface area contributed by atoms with Crippen LogP contribution in [-0.4, -0.2) is 74.9 Å². The Kier molecular flexibility index (Phi) is 6.29. The summed E-state index contributed by atoms with van der Waals surface area (Å²) in [5.74, 6) is -0.909. The van der Waals surface area contributed by atoms with Gasteiger partial charge in [-0.15, -0.1) is 0 Å². The number of carbonyl (C=O) groups excluding carboxylic acids is 3. The van der Waals surface area contributed by atoms with E-state index in [0.29, 0.717) is 13.1 Å². The molecule has 0 N–H and O–H groups in total. The van der Waals surface area contributed by atoms with E-state index in [1.807, 2.05) is 35.2 Å². The number of sulfonamides is 1. The first-order valence-corrected chi connectivity index (χ1v) is 13.1. The number of piperazine rings is 1. The van der Waals surface area contributed by atoms with Gasteiger partial charge in [0, 0.05) is 55.6 Å². The van der Waals surface area contributed by atoms with Crippen LogP contribution in [0.2, 0.25) is 0 Å². The lowest BCUT2D eigenvalue weighted by Crippen LogP contribution is -2.51. The van der Waals surface area contributed by atoms with E-state index >= 15 is 0 Å². The highest BCUT2D eigenvalue weighted by Crippen LogP contribution is 2.33. The van der Waals surface area contributed by atoms with Crippen LogP contribution in [0.15, 0.2) is 77.7 Å². The summed E-state index contributed by atoms with van der Waals surface area (Å²) in [5.41, 5.74) is 1.32. The van der Waals surface area contributed by atoms with Crippen molar-refractivity contribution in [1.82, 2.24) is 9.21 Å². The number of anilines is 1. The number of likely N-dealkylation sites (N-methyl/N-ethyl adjacent to an activating group) is 1. The van der Waals surface area contributed by atoms with Gasteiger partial charge in [0.2, 0.25) is 15.9 Å². The van der Waals surface area contributed by atoms with Gasteiger partial charge in [0.25, 0.3) is 0 Å². The fraction of sp³-hybridized carbons (Fsp3) is 0.222. The standard InChI is InChI=1S/C27H25N3O5S/c1-28(19-8-3-2-4-9-19)24(31)18-29-14-16-30(17-15-29)36(34,35)23-13-7-12-22-25(23)27(33)21-11-6-5-10-20(21)26(22)32/h2-13H,14-18H2,1H3. The predicted molar refractivity (Wildman–Crippen MR) is 135 cm³/mol. The van der Waals surface area contributed by atoms with Crippen LogP contribution in [0.4, 0.5) is 5.69 Å². The zero-order chi connectivity index (χ0) is 25.4. The third kappa shape index (κ3) is 4.15. The summed E-state index contributed by atoms with van der Waals surface area (Å²) in [6.45, 7) is 1.26. The highest BCUT2D eigenvalue weighted by molar-refractivity contribution is 7.89. The third-order valence-electron chi connectivity index (χ3n) is 6.74. The topological polar surface area (TPSA) is 95.1 Å². The molecule has 5 rings (SSSR count). The Morgan fingerprint density at radius 2 is 1.36 bits per heavy atom. The van der Waals surface area contributed by atoms with Crippen LogP contribution in [0, 0.1) is 0 Å². The van der Waals surface area contributed by atoms with E-state index in [0.717, 1.165) is 5.69 Å². The molecule has 2 aliphatic rings. The van der Waals surface area contributed by atoms with Gasteiger partial charge < -0.3 is 4.90 Å². The van der Waals surface area contributed by atoms with Gasteiger partial charge in [0.05, 0.1) is 17.0 Å². The first-order chi connectivity index (χ1) is 17.3. The molecule has 1 aliphatic carbocycles. The van der Waals surface area contributed by atoms with Gasteiger partial charge in [-0.25, -0.2) is 8.42 Å². The number of rotatable bonds is 5. The number of amides is 1. The van der Waals surface area contributed by atoms with Crippen molar-refractivity contribution in [2.45, 2.75) is 4.90 Å². The molecule has 0 saturated carbocycles. The summed E-state index contributed by atoms with van der Waals surface area (Å²) in [5, 5.41) is 0. The van der Waals surface area contributed by atoms with Crippen LogP contribution in [0.5, 0.6) is 0 Å². The number of fused-ring (bicyclic) bond motifs is 2. The Balaban J connectivity index is 1.33. The van der Waals surface area contributed by atoms with Crippen molar-refractivity contribution < 1.29 is 22.8 Å². The minimum Gasteiger partial charge on any atom is -0.314 e. The van der Waals surface area contributed by atoms with E-state index in [9.17, 15) is 22.8 Å². The number of nitrogens with zero attached hydrogens (tertiary/aromatic N) is 3. The SMILES string of the molecule is CN(C(=O)CN1CCN(S(=O)(=O)c2cccc3c2C(=O)c2ccccc2C3=O)CC1)c1ccccc1. The van der Waals surface area contributed by atoms with Crippen molar-refractivity contribution in [2.75, 3.05) is 44.7 Å². The minimum atomic E-state index is -4.04. The van der Waals surface area contributed by atoms with Crippen molar-refractivity contribution in [3.63, 3.8) is 0 Å². The van der Waals surface area contributed by atoms with E-state index in [4.69, 9.17) is 0 Å². The van der Waals surface area contributed by atoms with E-state index in [-0.39, 0.29) is 58.5 Å². The second-order valence-electron chi connectivity index (χ2n) is 8.85. The van der Waals surface area contributed by atoms with Crippen molar-refractivity contribution in [2.24, 2.45) is 0 Å². The molecule has 3 aromatic rings. The quantitative estimate of drug-likeness (QED) is 0.415. The van der Waals surface area contributed by atoms with Gasteiger partial charge in [0.15, 0.2) is 11.6 Å². The molecular formula is C27H25N3O5S. The molecule has 1 fully saturated rings. The van der Waals surface area contributed by atoms with E-state index in [1.54, 1.807) is 36.2 Å². The Labute approximate surface area is 209 Å². The number of ketones is 2. The van der Waals surface area contributed by atoms with Gasteiger partial charge in [-0.1, -0.05) is 54.6 Å². The minimum absolute atomic E-state index is 0.0664. The number of hydrogen-bond donors (Lipinski definition) is 0. The molecule has 1 heterocycles. The molecule has 0 atom stereocenters. The second kappa shape index (κ2) is 9.42. The van der Waals surface area contributed by atoms with Crippen LogP contribution < -0.4 is 4.90 Å². The molecule has 1 aliphatic heterocycles. The zero-order valence-corrected chi connectivity index (χ0v) is 20.6. The molecule has 0 bridgehead atoms. The lowest BCUT2D eigenvalue weighted by atomic mass is 9.84. The summed E-state index contributed by atoms with van der Waals surface area (Å²) < 4.78 is 28.6. The summed E-state index contributed by atoms with van der Waals surface area (Å²) in [6, 6.07) is 20.2. The molecule has 9 heteroatoms. The first-order valence-electron chi connectivity index (χ1n) is 11.6. The van der Waals surface area contributed by atoms with Gasteiger partial charge in [-0.05, 0) is 18.2 Å². The maximum atomic E-state index is 13.6. The Morgan fingerprint density at radius 3 is 2.03 bits per heavy atom. The monoisotopic (exact) mass is 503 g/mol. The maximum absolute atomic E-state index is 13.6. The third-order valence-corrected chi connectivity index (χ3v) is 8.68. The van der Waals surface area contributed by atoms with Crippen molar-refractivity contribution in [3.05, 3.63) is 95.1 Å². The van der Waals surface area contributed by atoms with Crippen molar-refractivity contribution in [1.29, 1.82) is 0 Å². The summed E-state index contributed by atoms with van der Waals surface area (Å²) in [6.07, 6.45) is 0. The van der Waals surface area contributed by atoms with Crippen molar-refractivity contribution in [3.8, 4) is 0 Å². The average molecular weight is 504 g/mol. The lowest BCUT2D eigenvalue weighted by Gasteiger charge is -2.34. The number of para-hydroxylation sites is 1. The van der Waals surface area contributed by atoms with Crippen LogP contribution >= 0.6 is 0 Å². The molecule has 8 nitrogen and oxygen atoms in total. The molecule has 3 aromatic carbocycles. The zero-order valence-electron chi connectivity index (χ0n) is 19.8.